The number of urea groups is 1. The molecule has 2 N–H and O–H groups in total. The van der Waals surface area contributed by atoms with Crippen molar-refractivity contribution in [2.75, 3.05) is 32.7 Å². The van der Waals surface area contributed by atoms with Crippen LogP contribution in [0.1, 0.15) is 37.7 Å². The van der Waals surface area contributed by atoms with Gasteiger partial charge in [-0.1, -0.05) is 12.8 Å². The van der Waals surface area contributed by atoms with E-state index in [9.17, 15) is 4.79 Å². The van der Waals surface area contributed by atoms with E-state index in [4.69, 9.17) is 14.2 Å². The second-order valence-corrected chi connectivity index (χ2v) is 6.03. The van der Waals surface area contributed by atoms with E-state index in [1.54, 1.807) is 20.3 Å². The number of rotatable bonds is 8. The van der Waals surface area contributed by atoms with Crippen molar-refractivity contribution in [2.45, 2.75) is 45.1 Å². The SMILES string of the molecule is COc1cc(C)c(NC(=O)NCCCOC2CCCC2)cc1OC. The van der Waals surface area contributed by atoms with E-state index in [-0.39, 0.29) is 6.03 Å². The van der Waals surface area contributed by atoms with Crippen LogP contribution in [0.3, 0.4) is 0 Å². The maximum atomic E-state index is 12.0. The Bertz CT molecular complexity index is 542. The summed E-state index contributed by atoms with van der Waals surface area (Å²) in [6.07, 6.45) is 6.13. The highest BCUT2D eigenvalue weighted by molar-refractivity contribution is 5.90. The zero-order valence-corrected chi connectivity index (χ0v) is 14.8. The molecule has 1 aliphatic carbocycles. The fourth-order valence-corrected chi connectivity index (χ4v) is 2.86. The van der Waals surface area contributed by atoms with Crippen molar-refractivity contribution in [3.8, 4) is 11.5 Å². The lowest BCUT2D eigenvalue weighted by molar-refractivity contribution is 0.0572. The molecule has 2 amide bonds. The molecule has 1 aliphatic rings. The number of amides is 2. The maximum Gasteiger partial charge on any atom is 0.319 e. The van der Waals surface area contributed by atoms with Gasteiger partial charge in [-0.15, -0.1) is 0 Å². The first-order valence-electron chi connectivity index (χ1n) is 8.53. The van der Waals surface area contributed by atoms with E-state index >= 15 is 0 Å². The van der Waals surface area contributed by atoms with Crippen LogP contribution in [0.25, 0.3) is 0 Å². The molecule has 0 aromatic heterocycles. The summed E-state index contributed by atoms with van der Waals surface area (Å²) in [5.74, 6) is 1.23. The molecule has 0 aliphatic heterocycles. The van der Waals surface area contributed by atoms with Gasteiger partial charge in [0.05, 0.1) is 20.3 Å². The Hall–Kier alpha value is -1.95. The number of methoxy groups -OCH3 is 2. The van der Waals surface area contributed by atoms with Gasteiger partial charge in [-0.3, -0.25) is 0 Å². The summed E-state index contributed by atoms with van der Waals surface area (Å²) >= 11 is 0. The first kappa shape index (κ1) is 18.4. The summed E-state index contributed by atoms with van der Waals surface area (Å²) < 4.78 is 16.3. The summed E-state index contributed by atoms with van der Waals surface area (Å²) in [6.45, 7) is 3.19. The summed E-state index contributed by atoms with van der Waals surface area (Å²) in [7, 11) is 3.16. The highest BCUT2D eigenvalue weighted by Crippen LogP contribution is 2.32. The molecule has 2 rings (SSSR count). The number of aryl methyl sites for hydroxylation is 1. The van der Waals surface area contributed by atoms with Crippen molar-refractivity contribution < 1.29 is 19.0 Å². The highest BCUT2D eigenvalue weighted by atomic mass is 16.5. The molecule has 0 heterocycles. The maximum absolute atomic E-state index is 12.0. The van der Waals surface area contributed by atoms with E-state index in [2.05, 4.69) is 10.6 Å². The van der Waals surface area contributed by atoms with Crippen LogP contribution in [0.2, 0.25) is 0 Å². The molecule has 134 valence electrons. The second kappa shape index (κ2) is 9.37. The van der Waals surface area contributed by atoms with Crippen LogP contribution in [0, 0.1) is 6.92 Å². The number of carbonyl (C=O) groups excluding carboxylic acids is 1. The molecular weight excluding hydrogens is 308 g/mol. The lowest BCUT2D eigenvalue weighted by Crippen LogP contribution is -2.30. The van der Waals surface area contributed by atoms with E-state index in [1.165, 1.54) is 25.7 Å². The number of hydrogen-bond acceptors (Lipinski definition) is 4. The van der Waals surface area contributed by atoms with Gasteiger partial charge >= 0.3 is 6.03 Å². The summed E-state index contributed by atoms with van der Waals surface area (Å²) in [5, 5.41) is 5.69. The minimum Gasteiger partial charge on any atom is -0.493 e. The average Bonchev–Trinajstić information content (AvgIpc) is 3.09. The summed E-state index contributed by atoms with van der Waals surface area (Å²) in [4.78, 5) is 12.0. The van der Waals surface area contributed by atoms with Gasteiger partial charge in [-0.25, -0.2) is 4.79 Å². The van der Waals surface area contributed by atoms with Crippen molar-refractivity contribution >= 4 is 11.7 Å². The first-order chi connectivity index (χ1) is 11.6. The van der Waals surface area contributed by atoms with Crippen LogP contribution in [0.4, 0.5) is 10.5 Å². The van der Waals surface area contributed by atoms with Crippen LogP contribution in [-0.2, 0) is 4.74 Å². The Morgan fingerprint density at radius 3 is 2.50 bits per heavy atom. The van der Waals surface area contributed by atoms with Crippen LogP contribution in [0.5, 0.6) is 11.5 Å². The Kier molecular flexibility index (Phi) is 7.18. The number of hydrogen-bond donors (Lipinski definition) is 2. The van der Waals surface area contributed by atoms with Gasteiger partial charge < -0.3 is 24.8 Å². The van der Waals surface area contributed by atoms with Crippen LogP contribution in [0.15, 0.2) is 12.1 Å². The van der Waals surface area contributed by atoms with Crippen molar-refractivity contribution in [2.24, 2.45) is 0 Å². The topological polar surface area (TPSA) is 68.8 Å². The van der Waals surface area contributed by atoms with E-state index in [1.807, 2.05) is 13.0 Å². The molecule has 0 unspecified atom stereocenters. The molecule has 0 spiro atoms. The third kappa shape index (κ3) is 5.30. The van der Waals surface area contributed by atoms with Crippen LogP contribution >= 0.6 is 0 Å². The van der Waals surface area contributed by atoms with Gasteiger partial charge in [-0.2, -0.15) is 0 Å². The molecule has 0 atom stereocenters. The largest absolute Gasteiger partial charge is 0.493 e. The van der Waals surface area contributed by atoms with Crippen molar-refractivity contribution in [1.29, 1.82) is 0 Å². The van der Waals surface area contributed by atoms with E-state index < -0.39 is 0 Å². The number of nitrogens with one attached hydrogen (secondary N) is 2. The van der Waals surface area contributed by atoms with Gasteiger partial charge in [0.15, 0.2) is 11.5 Å². The van der Waals surface area contributed by atoms with Gasteiger partial charge in [0, 0.05) is 24.9 Å². The molecule has 0 bridgehead atoms. The quantitative estimate of drug-likeness (QED) is 0.713. The Balaban J connectivity index is 1.73. The molecule has 1 fully saturated rings. The van der Waals surface area contributed by atoms with Crippen molar-refractivity contribution in [3.05, 3.63) is 17.7 Å². The van der Waals surface area contributed by atoms with Gasteiger partial charge in [0.25, 0.3) is 0 Å². The van der Waals surface area contributed by atoms with Gasteiger partial charge in [0.2, 0.25) is 0 Å². The van der Waals surface area contributed by atoms with Crippen LogP contribution in [-0.4, -0.2) is 39.5 Å². The standard InChI is InChI=1S/C18H28N2O4/c1-13-11-16(22-2)17(23-3)12-15(13)20-18(21)19-9-6-10-24-14-7-4-5-8-14/h11-12,14H,4-10H2,1-3H3,(H2,19,20,21). The summed E-state index contributed by atoms with van der Waals surface area (Å²) in [6, 6.07) is 3.37. The zero-order chi connectivity index (χ0) is 17.4. The molecular formula is C18H28N2O4. The molecule has 6 nitrogen and oxygen atoms in total. The summed E-state index contributed by atoms with van der Waals surface area (Å²) in [5.41, 5.74) is 1.61. The predicted octanol–water partition coefficient (Wildman–Crippen LogP) is 3.48. The minimum absolute atomic E-state index is 0.230. The van der Waals surface area contributed by atoms with Crippen LogP contribution < -0.4 is 20.1 Å². The fraction of sp³-hybridized carbons (Fsp3) is 0.611. The lowest BCUT2D eigenvalue weighted by atomic mass is 10.1. The average molecular weight is 336 g/mol. The molecule has 0 saturated heterocycles. The minimum atomic E-state index is -0.230. The second-order valence-electron chi connectivity index (χ2n) is 6.03. The Morgan fingerprint density at radius 2 is 1.83 bits per heavy atom. The normalized spacial score (nSPS) is 14.5. The smallest absolute Gasteiger partial charge is 0.319 e. The monoisotopic (exact) mass is 336 g/mol. The molecule has 1 saturated carbocycles. The number of ether oxygens (including phenoxy) is 3. The molecule has 1 aromatic carbocycles. The zero-order valence-electron chi connectivity index (χ0n) is 14.8. The Morgan fingerprint density at radius 1 is 1.17 bits per heavy atom. The number of carbonyl (C=O) groups is 1. The van der Waals surface area contributed by atoms with E-state index in [0.717, 1.165) is 12.0 Å². The lowest BCUT2D eigenvalue weighted by Gasteiger charge is -2.14. The van der Waals surface area contributed by atoms with Gasteiger partial charge in [0.1, 0.15) is 0 Å². The third-order valence-corrected chi connectivity index (χ3v) is 4.24. The molecule has 24 heavy (non-hydrogen) atoms. The first-order valence-corrected chi connectivity index (χ1v) is 8.53. The van der Waals surface area contributed by atoms with E-state index in [0.29, 0.717) is 36.4 Å². The molecule has 1 aromatic rings. The third-order valence-electron chi connectivity index (χ3n) is 4.24. The highest BCUT2D eigenvalue weighted by Gasteiger charge is 2.15. The van der Waals surface area contributed by atoms with Crippen molar-refractivity contribution in [1.82, 2.24) is 5.32 Å². The van der Waals surface area contributed by atoms with Gasteiger partial charge in [-0.05, 0) is 37.8 Å². The van der Waals surface area contributed by atoms with Crippen molar-refractivity contribution in [3.63, 3.8) is 0 Å². The molecule has 0 radical (unpaired) electrons. The fourth-order valence-electron chi connectivity index (χ4n) is 2.86. The molecule has 6 heteroatoms. The predicted molar refractivity (Wildman–Crippen MR) is 94.1 cm³/mol. The Labute approximate surface area is 143 Å². The number of benzene rings is 1. The number of anilines is 1.